The van der Waals surface area contributed by atoms with E-state index in [2.05, 4.69) is 20.2 Å². The van der Waals surface area contributed by atoms with Crippen molar-refractivity contribution in [2.24, 2.45) is 15.8 Å². The summed E-state index contributed by atoms with van der Waals surface area (Å²) in [6, 6.07) is 8.12. The molecular formula is C23H21F3N7O2+. The third kappa shape index (κ3) is 4.34. The van der Waals surface area contributed by atoms with Gasteiger partial charge in [-0.2, -0.15) is 24.0 Å². The zero-order valence-electron chi connectivity index (χ0n) is 18.4. The van der Waals surface area contributed by atoms with Gasteiger partial charge < -0.3 is 15.0 Å². The Morgan fingerprint density at radius 3 is 2.60 bits per heavy atom. The maximum absolute atomic E-state index is 12.9. The number of morpholine rings is 1. The number of amides is 1. The van der Waals surface area contributed by atoms with Crippen molar-refractivity contribution >= 4 is 23.8 Å². The number of carbonyl (C=O) groups excluding carboxylic acids is 1. The van der Waals surface area contributed by atoms with Crippen molar-refractivity contribution in [1.82, 2.24) is 9.88 Å². The highest BCUT2D eigenvalue weighted by Crippen LogP contribution is 2.33. The summed E-state index contributed by atoms with van der Waals surface area (Å²) in [7, 11) is 0. The van der Waals surface area contributed by atoms with Gasteiger partial charge in [0.2, 0.25) is 11.5 Å². The minimum atomic E-state index is -4.53. The standard InChI is InChI=1S/C23H20F3N7O2/c24-23(25,26)17-5-6-29-19(13-17)30-22(34)16-3-1-15(2-4-16)21-31-20(32-8-11-35-12-9-32)18-14-28-7-10-33(18,21)27/h1-7,10,13-14H,8-9,11-12,27H2/p+1. The highest BCUT2D eigenvalue weighted by atomic mass is 19.4. The minimum Gasteiger partial charge on any atom is -0.378 e. The lowest BCUT2D eigenvalue weighted by molar-refractivity contribution is -0.750. The second-order valence-electron chi connectivity index (χ2n) is 8.06. The van der Waals surface area contributed by atoms with E-state index in [0.29, 0.717) is 37.7 Å². The van der Waals surface area contributed by atoms with Crippen LogP contribution in [0, 0.1) is 0 Å². The topological polar surface area (TPSA) is 105 Å². The number of nitrogens with zero attached hydrogens (tertiary/aromatic N) is 5. The van der Waals surface area contributed by atoms with Gasteiger partial charge in [-0.1, -0.05) is 0 Å². The number of hydrogen-bond acceptors (Lipinski definition) is 7. The maximum Gasteiger partial charge on any atom is 0.416 e. The van der Waals surface area contributed by atoms with E-state index in [9.17, 15) is 18.0 Å². The quantitative estimate of drug-likeness (QED) is 0.513. The first kappa shape index (κ1) is 22.9. The predicted molar refractivity (Wildman–Crippen MR) is 122 cm³/mol. The number of fused-ring (bicyclic) bond motifs is 1. The Hall–Kier alpha value is -3.87. The number of nitrogens with one attached hydrogen (secondary N) is 1. The zero-order chi connectivity index (χ0) is 24.6. The van der Waals surface area contributed by atoms with Crippen LogP contribution >= 0.6 is 0 Å². The van der Waals surface area contributed by atoms with Crippen molar-refractivity contribution in [1.29, 1.82) is 0 Å². The predicted octanol–water partition coefficient (Wildman–Crippen LogP) is 2.86. The number of hydrogen-bond donors (Lipinski definition) is 2. The molecule has 3 aliphatic rings. The number of ether oxygens (including phenoxy) is 1. The van der Waals surface area contributed by atoms with Gasteiger partial charge in [-0.15, -0.1) is 4.59 Å². The molecule has 0 radical (unpaired) electrons. The van der Waals surface area contributed by atoms with Crippen LogP contribution in [0.3, 0.4) is 0 Å². The minimum absolute atomic E-state index is 0.171. The summed E-state index contributed by atoms with van der Waals surface area (Å²) in [6.45, 7) is 2.53. The largest absolute Gasteiger partial charge is 0.416 e. The molecule has 1 amide bonds. The number of pyridine rings is 1. The molecule has 1 aromatic heterocycles. The molecule has 0 aliphatic carbocycles. The SMILES string of the molecule is N[N+]12C=CN=CC1=C(N1CCOCC1)N=C2c1ccc(C(=O)Nc2cc(C(F)(F)F)ccn2)cc1. The Labute approximate surface area is 198 Å². The third-order valence-electron chi connectivity index (χ3n) is 5.82. The first-order valence-corrected chi connectivity index (χ1v) is 10.8. The molecule has 5 rings (SSSR count). The summed E-state index contributed by atoms with van der Waals surface area (Å²) in [5.41, 5.74) is 0.753. The van der Waals surface area contributed by atoms with Crippen LogP contribution in [0.1, 0.15) is 21.5 Å². The van der Waals surface area contributed by atoms with E-state index in [0.717, 1.165) is 29.8 Å². The lowest BCUT2D eigenvalue weighted by atomic mass is 10.1. The van der Waals surface area contributed by atoms with Gasteiger partial charge in [0.05, 0.1) is 36.8 Å². The summed E-state index contributed by atoms with van der Waals surface area (Å²) >= 11 is 0. The van der Waals surface area contributed by atoms with Crippen molar-refractivity contribution in [3.8, 4) is 0 Å². The van der Waals surface area contributed by atoms with Crippen LogP contribution in [0.5, 0.6) is 0 Å². The second kappa shape index (κ2) is 8.73. The molecule has 35 heavy (non-hydrogen) atoms. The van der Waals surface area contributed by atoms with Crippen molar-refractivity contribution in [2.75, 3.05) is 31.6 Å². The molecule has 1 fully saturated rings. The third-order valence-corrected chi connectivity index (χ3v) is 5.82. The second-order valence-corrected chi connectivity index (χ2v) is 8.06. The number of allylic oxidation sites excluding steroid dienone is 1. The number of rotatable bonds is 4. The number of carbonyl (C=O) groups is 1. The van der Waals surface area contributed by atoms with Crippen LogP contribution in [0.15, 0.2) is 76.5 Å². The molecule has 0 saturated carbocycles. The lowest BCUT2D eigenvalue weighted by Gasteiger charge is -2.29. The van der Waals surface area contributed by atoms with Gasteiger partial charge in [0, 0.05) is 24.8 Å². The van der Waals surface area contributed by atoms with Crippen molar-refractivity contribution in [3.63, 3.8) is 0 Å². The van der Waals surface area contributed by atoms with Crippen LogP contribution in [0.2, 0.25) is 0 Å². The average Bonchev–Trinajstić information content (AvgIpc) is 3.17. The number of aromatic nitrogens is 1. The number of amidine groups is 1. The van der Waals surface area contributed by atoms with Crippen LogP contribution < -0.4 is 11.2 Å². The number of alkyl halides is 3. The number of aliphatic imine (C=N–C) groups is 2. The van der Waals surface area contributed by atoms with Gasteiger partial charge in [0.25, 0.3) is 11.7 Å². The molecular weight excluding hydrogens is 463 g/mol. The zero-order valence-corrected chi connectivity index (χ0v) is 18.4. The van der Waals surface area contributed by atoms with E-state index >= 15 is 0 Å². The number of quaternary nitrogens is 1. The van der Waals surface area contributed by atoms with Gasteiger partial charge in [0.15, 0.2) is 0 Å². The van der Waals surface area contributed by atoms with Crippen LogP contribution in [-0.2, 0) is 10.9 Å². The smallest absolute Gasteiger partial charge is 0.378 e. The summed E-state index contributed by atoms with van der Waals surface area (Å²) in [5.74, 6) is 7.21. The number of anilines is 1. The Morgan fingerprint density at radius 1 is 1.14 bits per heavy atom. The Kier molecular flexibility index (Phi) is 5.71. The van der Waals surface area contributed by atoms with E-state index in [1.807, 2.05) is 0 Å². The number of halogens is 3. The summed E-state index contributed by atoms with van der Waals surface area (Å²) in [4.78, 5) is 27.6. The molecule has 1 saturated heterocycles. The first-order chi connectivity index (χ1) is 16.8. The fourth-order valence-electron chi connectivity index (χ4n) is 4.00. The first-order valence-electron chi connectivity index (χ1n) is 10.8. The number of nitrogens with two attached hydrogens (primary N) is 1. The molecule has 12 heteroatoms. The van der Waals surface area contributed by atoms with Gasteiger partial charge >= 0.3 is 6.18 Å². The lowest BCUT2D eigenvalue weighted by Crippen LogP contribution is -2.53. The normalized spacial score (nSPS) is 21.7. The molecule has 3 aliphatic heterocycles. The molecule has 2 aromatic rings. The molecule has 3 N–H and O–H groups in total. The van der Waals surface area contributed by atoms with Crippen LogP contribution in [0.4, 0.5) is 19.0 Å². The molecule has 0 spiro atoms. The van der Waals surface area contributed by atoms with E-state index < -0.39 is 17.6 Å². The molecule has 4 heterocycles. The van der Waals surface area contributed by atoms with E-state index in [1.54, 1.807) is 42.9 Å². The fraction of sp³-hybridized carbons (Fsp3) is 0.217. The van der Waals surface area contributed by atoms with Gasteiger partial charge in [0.1, 0.15) is 12.0 Å². The maximum atomic E-state index is 12.9. The number of benzene rings is 1. The molecule has 1 atom stereocenters. The van der Waals surface area contributed by atoms with Gasteiger partial charge in [-0.3, -0.25) is 9.79 Å². The van der Waals surface area contributed by atoms with Crippen molar-refractivity contribution in [3.05, 3.63) is 83.2 Å². The van der Waals surface area contributed by atoms with Gasteiger partial charge in [-0.25, -0.2) is 4.98 Å². The Bertz CT molecular complexity index is 1280. The molecule has 0 bridgehead atoms. The summed E-state index contributed by atoms with van der Waals surface area (Å²) < 4.78 is 44.0. The highest BCUT2D eigenvalue weighted by molar-refractivity contribution is 6.05. The monoisotopic (exact) mass is 484 g/mol. The summed E-state index contributed by atoms with van der Waals surface area (Å²) in [5, 5.41) is 2.40. The van der Waals surface area contributed by atoms with Crippen LogP contribution in [0.25, 0.3) is 0 Å². The average molecular weight is 484 g/mol. The Morgan fingerprint density at radius 2 is 1.89 bits per heavy atom. The van der Waals surface area contributed by atoms with E-state index in [-0.39, 0.29) is 16.0 Å². The van der Waals surface area contributed by atoms with Crippen LogP contribution in [-0.4, -0.2) is 58.7 Å². The molecule has 1 aromatic carbocycles. The fourth-order valence-corrected chi connectivity index (χ4v) is 4.00. The Balaban J connectivity index is 1.38. The van der Waals surface area contributed by atoms with Crippen molar-refractivity contribution in [2.45, 2.75) is 6.18 Å². The molecule has 1 unspecified atom stereocenters. The van der Waals surface area contributed by atoms with E-state index in [1.165, 1.54) is 0 Å². The molecule has 180 valence electrons. The van der Waals surface area contributed by atoms with E-state index in [4.69, 9.17) is 15.6 Å². The van der Waals surface area contributed by atoms with Gasteiger partial charge in [-0.05, 0) is 36.4 Å². The van der Waals surface area contributed by atoms with Crippen molar-refractivity contribution < 1.29 is 27.3 Å². The molecule has 9 nitrogen and oxygen atoms in total. The highest BCUT2D eigenvalue weighted by Gasteiger charge is 2.45. The summed E-state index contributed by atoms with van der Waals surface area (Å²) in [6.07, 6.45) is 1.47.